The van der Waals surface area contributed by atoms with Gasteiger partial charge in [0.15, 0.2) is 60.3 Å². The predicted molar refractivity (Wildman–Crippen MR) is 231 cm³/mol. The largest absolute Gasteiger partial charge is 0.504 e. The molecule has 0 amide bonds. The Hall–Kier alpha value is -4.68. The summed E-state index contributed by atoms with van der Waals surface area (Å²) in [4.78, 5) is 25.3. The van der Waals surface area contributed by atoms with Crippen LogP contribution >= 0.6 is 0 Å². The van der Waals surface area contributed by atoms with Crippen LogP contribution in [-0.2, 0) is 28.5 Å². The Bertz CT molecular complexity index is 1790. The Balaban J connectivity index is 2.01. The first kappa shape index (κ1) is 49.7. The van der Waals surface area contributed by atoms with Crippen molar-refractivity contribution in [1.82, 2.24) is 0 Å². The molecule has 5 atom stereocenters. The fraction of sp³-hybridized carbons (Fsp3) is 0.583. The van der Waals surface area contributed by atoms with Crippen LogP contribution in [0.1, 0.15) is 150 Å². The second-order valence-electron chi connectivity index (χ2n) is 16.9. The van der Waals surface area contributed by atoms with E-state index >= 15 is 0 Å². The lowest BCUT2D eigenvalue weighted by Crippen LogP contribution is -2.28. The average molecular weight is 839 g/mol. The summed E-state index contributed by atoms with van der Waals surface area (Å²) < 4.78 is 47.2. The Labute approximate surface area is 357 Å². The van der Waals surface area contributed by atoms with Crippen LogP contribution in [0.15, 0.2) is 54.6 Å². The van der Waals surface area contributed by atoms with E-state index in [4.69, 9.17) is 37.9 Å². The number of hydrogen-bond acceptors (Lipinski definition) is 12. The molecule has 0 radical (unpaired) electrons. The molecule has 12 heteroatoms. The Morgan fingerprint density at radius 1 is 0.550 bits per heavy atom. The van der Waals surface area contributed by atoms with Gasteiger partial charge in [-0.3, -0.25) is 0 Å². The molecule has 3 aromatic rings. The zero-order valence-corrected chi connectivity index (χ0v) is 37.9. The fourth-order valence-corrected chi connectivity index (χ4v) is 6.78. The van der Waals surface area contributed by atoms with Gasteiger partial charge in [0, 0.05) is 26.1 Å². The smallest absolute Gasteiger partial charge is 0.344 e. The van der Waals surface area contributed by atoms with E-state index in [1.807, 2.05) is 64.1 Å². The highest BCUT2D eigenvalue weighted by Crippen LogP contribution is 2.43. The molecule has 0 aromatic heterocycles. The molecule has 0 aliphatic heterocycles. The normalized spacial score (nSPS) is 14.3. The van der Waals surface area contributed by atoms with E-state index in [9.17, 15) is 19.8 Å². The van der Waals surface area contributed by atoms with Gasteiger partial charge in [0.2, 0.25) is 0 Å². The number of carbonyl (C=O) groups excluding carboxylic acids is 2. The third kappa shape index (κ3) is 16.4. The van der Waals surface area contributed by atoms with Crippen LogP contribution in [0.3, 0.4) is 0 Å². The SMILES string of the molecule is CCOC(CC)Oc1ccc(C(C)CC(CC(CC)c2ccc(OCC(=O)OC(C)(C)C)c(OCC(=O)OC(C)(C)C)c2)c2ccc(O)c(O)c2)cc1OC(CC)OCC. The minimum atomic E-state index is -0.700. The highest BCUT2D eigenvalue weighted by Gasteiger charge is 2.26. The number of esters is 2. The van der Waals surface area contributed by atoms with E-state index in [0.717, 1.165) is 23.1 Å². The first-order valence-electron chi connectivity index (χ1n) is 21.3. The topological polar surface area (TPSA) is 148 Å². The Kier molecular flexibility index (Phi) is 19.3. The van der Waals surface area contributed by atoms with Crippen molar-refractivity contribution >= 4 is 11.9 Å². The monoisotopic (exact) mass is 838 g/mol. The van der Waals surface area contributed by atoms with Crippen LogP contribution in [0.5, 0.6) is 34.5 Å². The summed E-state index contributed by atoms with van der Waals surface area (Å²) in [5.74, 6) is 0.139. The van der Waals surface area contributed by atoms with Gasteiger partial charge in [-0.2, -0.15) is 0 Å². The Morgan fingerprint density at radius 3 is 1.55 bits per heavy atom. The minimum Gasteiger partial charge on any atom is -0.504 e. The van der Waals surface area contributed by atoms with E-state index in [1.165, 1.54) is 6.07 Å². The number of hydrogen-bond donors (Lipinski definition) is 2. The van der Waals surface area contributed by atoms with Crippen LogP contribution in [0.2, 0.25) is 0 Å². The lowest BCUT2D eigenvalue weighted by molar-refractivity contribution is -0.158. The fourth-order valence-electron chi connectivity index (χ4n) is 6.78. The van der Waals surface area contributed by atoms with Crippen molar-refractivity contribution in [3.05, 3.63) is 71.3 Å². The number of ether oxygens (including phenoxy) is 8. The van der Waals surface area contributed by atoms with Gasteiger partial charge in [0.1, 0.15) is 11.2 Å². The highest BCUT2D eigenvalue weighted by molar-refractivity contribution is 5.72. The molecule has 0 saturated heterocycles. The van der Waals surface area contributed by atoms with Crippen LogP contribution in [0.4, 0.5) is 0 Å². The van der Waals surface area contributed by atoms with Crippen molar-refractivity contribution in [2.75, 3.05) is 26.4 Å². The summed E-state index contributed by atoms with van der Waals surface area (Å²) in [6.45, 7) is 23.1. The molecule has 12 nitrogen and oxygen atoms in total. The third-order valence-corrected chi connectivity index (χ3v) is 9.57. The molecule has 0 spiro atoms. The summed E-state index contributed by atoms with van der Waals surface area (Å²) >= 11 is 0. The molecule has 2 N–H and O–H groups in total. The van der Waals surface area contributed by atoms with Gasteiger partial charge in [0.25, 0.3) is 0 Å². The molecule has 334 valence electrons. The van der Waals surface area contributed by atoms with Gasteiger partial charge in [-0.25, -0.2) is 9.59 Å². The number of phenols is 2. The number of benzene rings is 3. The minimum absolute atomic E-state index is 0.0113. The number of carbonyl (C=O) groups is 2. The molecule has 0 aliphatic rings. The first-order chi connectivity index (χ1) is 28.3. The maximum Gasteiger partial charge on any atom is 0.344 e. The highest BCUT2D eigenvalue weighted by atomic mass is 16.7. The summed E-state index contributed by atoms with van der Waals surface area (Å²) in [7, 11) is 0. The van der Waals surface area contributed by atoms with Crippen LogP contribution < -0.4 is 18.9 Å². The lowest BCUT2D eigenvalue weighted by atomic mass is 9.78. The number of aromatic hydroxyl groups is 2. The van der Waals surface area contributed by atoms with Crippen LogP contribution in [0.25, 0.3) is 0 Å². The summed E-state index contributed by atoms with van der Waals surface area (Å²) in [6, 6.07) is 16.5. The van der Waals surface area contributed by atoms with Gasteiger partial charge in [-0.1, -0.05) is 45.9 Å². The molecule has 60 heavy (non-hydrogen) atoms. The van der Waals surface area contributed by atoms with Crippen molar-refractivity contribution in [1.29, 1.82) is 0 Å². The molecule has 0 aliphatic carbocycles. The maximum absolute atomic E-state index is 12.7. The molecule has 3 rings (SSSR count). The first-order valence-corrected chi connectivity index (χ1v) is 21.3. The summed E-state index contributed by atoms with van der Waals surface area (Å²) in [6.07, 6.45) is 2.50. The molecule has 3 aromatic carbocycles. The second-order valence-corrected chi connectivity index (χ2v) is 16.9. The van der Waals surface area contributed by atoms with Gasteiger partial charge in [0.05, 0.1) is 0 Å². The summed E-state index contributed by atoms with van der Waals surface area (Å²) in [5, 5.41) is 20.9. The van der Waals surface area contributed by atoms with Gasteiger partial charge >= 0.3 is 11.9 Å². The van der Waals surface area contributed by atoms with Gasteiger partial charge in [-0.05, 0) is 145 Å². The van der Waals surface area contributed by atoms with Crippen molar-refractivity contribution in [2.24, 2.45) is 0 Å². The van der Waals surface area contributed by atoms with Crippen LogP contribution in [0, 0.1) is 0 Å². The van der Waals surface area contributed by atoms with Crippen molar-refractivity contribution < 1.29 is 57.7 Å². The van der Waals surface area contributed by atoms with E-state index < -0.39 is 35.7 Å². The molecule has 0 heterocycles. The number of phenolic OH excluding ortho intramolecular Hbond substituents is 2. The van der Waals surface area contributed by atoms with E-state index in [0.29, 0.717) is 50.4 Å². The van der Waals surface area contributed by atoms with Gasteiger partial charge < -0.3 is 48.1 Å². The number of rotatable bonds is 24. The standard InChI is InChI=1S/C48H70O12/c1-13-32(35-20-22-39(55-29-43(51)59-47(7,8)9)41(28-35)56-30-44(52)60-48(10,11)12)25-36(34-18-21-37(49)38(50)26-34)24-31(6)33-19-23-40(57-45(14-2)53-16-4)42(27-33)58-46(15-3)54-17-5/h18-23,26-28,31-32,36,45-46,49-50H,13-17,24-25,29-30H2,1-12H3. The average Bonchev–Trinajstić information content (AvgIpc) is 3.17. The van der Waals surface area contributed by atoms with Crippen LogP contribution in [-0.4, -0.2) is 72.4 Å². The molecule has 0 saturated carbocycles. The van der Waals surface area contributed by atoms with Crippen molar-refractivity contribution in [3.63, 3.8) is 0 Å². The zero-order valence-electron chi connectivity index (χ0n) is 37.9. The molecular weight excluding hydrogens is 769 g/mol. The molecular formula is C48H70O12. The van der Waals surface area contributed by atoms with E-state index in [2.05, 4.69) is 13.8 Å². The van der Waals surface area contributed by atoms with E-state index in [-0.39, 0.29) is 54.0 Å². The second kappa shape index (κ2) is 23.4. The predicted octanol–water partition coefficient (Wildman–Crippen LogP) is 10.7. The lowest BCUT2D eigenvalue weighted by Gasteiger charge is -2.28. The third-order valence-electron chi connectivity index (χ3n) is 9.57. The van der Waals surface area contributed by atoms with E-state index in [1.54, 1.807) is 53.7 Å². The van der Waals surface area contributed by atoms with Crippen molar-refractivity contribution in [3.8, 4) is 34.5 Å². The quantitative estimate of drug-likeness (QED) is 0.0502. The van der Waals surface area contributed by atoms with Crippen molar-refractivity contribution in [2.45, 2.75) is 157 Å². The molecule has 5 unspecified atom stereocenters. The van der Waals surface area contributed by atoms with Gasteiger partial charge in [-0.15, -0.1) is 0 Å². The Morgan fingerprint density at radius 2 is 1.03 bits per heavy atom. The zero-order chi connectivity index (χ0) is 44.6. The molecule has 0 fully saturated rings. The molecule has 0 bridgehead atoms. The summed E-state index contributed by atoms with van der Waals surface area (Å²) in [5.41, 5.74) is 1.44. The maximum atomic E-state index is 12.7.